The number of hydrogen-bond donors (Lipinski definition) is 0. The summed E-state index contributed by atoms with van der Waals surface area (Å²) >= 11 is 2.47. The lowest BCUT2D eigenvalue weighted by molar-refractivity contribution is 0.414. The minimum absolute atomic E-state index is 0.905. The van der Waals surface area contributed by atoms with Crippen LogP contribution in [0.15, 0.2) is 42.5 Å². The predicted molar refractivity (Wildman–Crippen MR) is 98.0 cm³/mol. The second kappa shape index (κ2) is 5.16. The van der Waals surface area contributed by atoms with Gasteiger partial charge in [0.15, 0.2) is 0 Å². The monoisotopic (exact) mass is 402 g/mol. The number of halogens is 1. The highest BCUT2D eigenvalue weighted by molar-refractivity contribution is 14.1. The molecule has 22 heavy (non-hydrogen) atoms. The molecule has 0 unspecified atom stereocenters. The van der Waals surface area contributed by atoms with Crippen LogP contribution in [0.2, 0.25) is 0 Å². The first-order valence-corrected chi connectivity index (χ1v) is 8.25. The molecular weight excluding hydrogens is 387 g/mol. The molecular formula is C19H15IO2. The van der Waals surface area contributed by atoms with Gasteiger partial charge in [0.05, 0.1) is 14.2 Å². The molecule has 0 heterocycles. The molecule has 1 aliphatic rings. The number of methoxy groups -OCH3 is 2. The molecule has 3 aromatic carbocycles. The highest BCUT2D eigenvalue weighted by atomic mass is 127. The van der Waals surface area contributed by atoms with Crippen molar-refractivity contribution < 1.29 is 9.47 Å². The highest BCUT2D eigenvalue weighted by Gasteiger charge is 2.23. The fraction of sp³-hybridized carbons (Fsp3) is 0.158. The van der Waals surface area contributed by atoms with Gasteiger partial charge in [0.25, 0.3) is 0 Å². The summed E-state index contributed by atoms with van der Waals surface area (Å²) in [7, 11) is 3.43. The lowest BCUT2D eigenvalue weighted by Gasteiger charge is -2.10. The van der Waals surface area contributed by atoms with E-state index < -0.39 is 0 Å². The van der Waals surface area contributed by atoms with E-state index in [9.17, 15) is 0 Å². The Bertz CT molecular complexity index is 900. The smallest absolute Gasteiger partial charge is 0.119 e. The molecule has 0 atom stereocenters. The maximum Gasteiger partial charge on any atom is 0.119 e. The molecule has 3 aromatic rings. The van der Waals surface area contributed by atoms with Gasteiger partial charge in [0.1, 0.15) is 11.5 Å². The normalized spacial score (nSPS) is 12.1. The Kier molecular flexibility index (Phi) is 3.26. The van der Waals surface area contributed by atoms with E-state index in [1.165, 1.54) is 36.6 Å². The van der Waals surface area contributed by atoms with Crippen molar-refractivity contribution in [1.82, 2.24) is 0 Å². The van der Waals surface area contributed by atoms with Gasteiger partial charge < -0.3 is 9.47 Å². The van der Waals surface area contributed by atoms with Crippen molar-refractivity contribution in [1.29, 1.82) is 0 Å². The van der Waals surface area contributed by atoms with Gasteiger partial charge in [0, 0.05) is 3.57 Å². The molecule has 0 saturated heterocycles. The van der Waals surface area contributed by atoms with Gasteiger partial charge in [-0.3, -0.25) is 0 Å². The third-order valence-corrected chi connectivity index (χ3v) is 5.59. The second-order valence-electron chi connectivity index (χ2n) is 5.50. The molecule has 0 fully saturated rings. The van der Waals surface area contributed by atoms with Crippen LogP contribution in [0.5, 0.6) is 11.5 Å². The van der Waals surface area contributed by atoms with Gasteiger partial charge >= 0.3 is 0 Å². The molecule has 4 rings (SSSR count). The summed E-state index contributed by atoms with van der Waals surface area (Å²) in [6.07, 6.45) is 0.966. The van der Waals surface area contributed by atoms with Crippen LogP contribution in [0.25, 0.3) is 21.9 Å². The van der Waals surface area contributed by atoms with Crippen molar-refractivity contribution in [2.45, 2.75) is 6.42 Å². The lowest BCUT2D eigenvalue weighted by Crippen LogP contribution is -1.90. The SMILES string of the molecule is COc1ccc2c(c1)Cc1c-2cc2ccc(OC)cc2c1I. The maximum atomic E-state index is 5.37. The Labute approximate surface area is 143 Å². The highest BCUT2D eigenvalue weighted by Crippen LogP contribution is 2.43. The molecule has 0 amide bonds. The summed E-state index contributed by atoms with van der Waals surface area (Å²) in [6.45, 7) is 0. The standard InChI is InChI=1S/C19H15IO2/c1-21-13-5-6-15-12(7-13)9-18-17(15)8-11-3-4-14(22-2)10-16(11)19(18)20/h3-8,10H,9H2,1-2H3. The molecule has 0 N–H and O–H groups in total. The zero-order valence-electron chi connectivity index (χ0n) is 12.4. The van der Waals surface area contributed by atoms with Gasteiger partial charge in [-0.15, -0.1) is 0 Å². The summed E-state index contributed by atoms with van der Waals surface area (Å²) in [6, 6.07) is 14.9. The summed E-state index contributed by atoms with van der Waals surface area (Å²) in [5, 5.41) is 2.52. The molecule has 0 aliphatic heterocycles. The number of fused-ring (bicyclic) bond motifs is 4. The van der Waals surface area contributed by atoms with Gasteiger partial charge in [-0.25, -0.2) is 0 Å². The van der Waals surface area contributed by atoms with Gasteiger partial charge in [0.2, 0.25) is 0 Å². The molecule has 110 valence electrons. The van der Waals surface area contributed by atoms with Crippen molar-refractivity contribution in [3.8, 4) is 22.6 Å². The van der Waals surface area contributed by atoms with Crippen molar-refractivity contribution >= 4 is 33.4 Å². The molecule has 0 radical (unpaired) electrons. The van der Waals surface area contributed by atoms with E-state index in [0.29, 0.717) is 0 Å². The fourth-order valence-corrected chi connectivity index (χ4v) is 4.16. The van der Waals surface area contributed by atoms with Gasteiger partial charge in [-0.1, -0.05) is 12.1 Å². The van der Waals surface area contributed by atoms with Crippen LogP contribution in [0.3, 0.4) is 0 Å². The fourth-order valence-electron chi connectivity index (χ4n) is 3.21. The van der Waals surface area contributed by atoms with E-state index in [-0.39, 0.29) is 0 Å². The number of rotatable bonds is 2. The third-order valence-electron chi connectivity index (χ3n) is 4.36. The van der Waals surface area contributed by atoms with Crippen LogP contribution in [0.1, 0.15) is 11.1 Å². The third kappa shape index (κ3) is 1.99. The zero-order chi connectivity index (χ0) is 15.3. The quantitative estimate of drug-likeness (QED) is 0.438. The van der Waals surface area contributed by atoms with E-state index in [0.717, 1.165) is 17.9 Å². The van der Waals surface area contributed by atoms with Crippen molar-refractivity contribution in [3.63, 3.8) is 0 Å². The summed E-state index contributed by atoms with van der Waals surface area (Å²) in [5.41, 5.74) is 5.42. The summed E-state index contributed by atoms with van der Waals surface area (Å²) < 4.78 is 12.0. The minimum atomic E-state index is 0.905. The topological polar surface area (TPSA) is 18.5 Å². The van der Waals surface area contributed by atoms with Crippen LogP contribution in [0, 0.1) is 3.57 Å². The van der Waals surface area contributed by atoms with Crippen LogP contribution >= 0.6 is 22.6 Å². The maximum absolute atomic E-state index is 5.37. The molecule has 0 bridgehead atoms. The number of benzene rings is 3. The van der Waals surface area contributed by atoms with Crippen LogP contribution < -0.4 is 9.47 Å². The van der Waals surface area contributed by atoms with Gasteiger partial charge in [-0.2, -0.15) is 0 Å². The number of hydrogen-bond acceptors (Lipinski definition) is 2. The van der Waals surface area contributed by atoms with Crippen molar-refractivity contribution in [3.05, 3.63) is 57.2 Å². The molecule has 0 spiro atoms. The Morgan fingerprint density at radius 2 is 1.59 bits per heavy atom. The van der Waals surface area contributed by atoms with Crippen molar-refractivity contribution in [2.24, 2.45) is 0 Å². The van der Waals surface area contributed by atoms with E-state index in [1.54, 1.807) is 14.2 Å². The first kappa shape index (κ1) is 13.9. The lowest BCUT2D eigenvalue weighted by atomic mass is 10.0. The largest absolute Gasteiger partial charge is 0.497 e. The Hall–Kier alpha value is -1.75. The predicted octanol–water partition coefficient (Wildman–Crippen LogP) is 5.03. The average molecular weight is 402 g/mol. The molecule has 1 aliphatic carbocycles. The van der Waals surface area contributed by atoms with Crippen LogP contribution in [0.4, 0.5) is 0 Å². The molecule has 2 nitrogen and oxygen atoms in total. The van der Waals surface area contributed by atoms with E-state index >= 15 is 0 Å². The molecule has 3 heteroatoms. The minimum Gasteiger partial charge on any atom is -0.497 e. The molecule has 0 saturated carbocycles. The molecule has 0 aromatic heterocycles. The van der Waals surface area contributed by atoms with Crippen LogP contribution in [-0.4, -0.2) is 14.2 Å². The zero-order valence-corrected chi connectivity index (χ0v) is 14.6. The van der Waals surface area contributed by atoms with Crippen LogP contribution in [-0.2, 0) is 6.42 Å². The van der Waals surface area contributed by atoms with E-state index in [1.807, 2.05) is 12.1 Å². The average Bonchev–Trinajstić information content (AvgIpc) is 2.92. The summed E-state index contributed by atoms with van der Waals surface area (Å²) in [4.78, 5) is 0. The van der Waals surface area contributed by atoms with E-state index in [4.69, 9.17) is 9.47 Å². The van der Waals surface area contributed by atoms with Gasteiger partial charge in [-0.05, 0) is 92.4 Å². The Morgan fingerprint density at radius 3 is 2.36 bits per heavy atom. The van der Waals surface area contributed by atoms with E-state index in [2.05, 4.69) is 52.9 Å². The van der Waals surface area contributed by atoms with Crippen molar-refractivity contribution in [2.75, 3.05) is 14.2 Å². The Morgan fingerprint density at radius 1 is 0.864 bits per heavy atom. The first-order valence-electron chi connectivity index (χ1n) is 7.17. The number of ether oxygens (including phenoxy) is 2. The summed E-state index contributed by atoms with van der Waals surface area (Å²) in [5.74, 6) is 1.83. The second-order valence-corrected chi connectivity index (χ2v) is 6.58. The Balaban J connectivity index is 1.96. The first-order chi connectivity index (χ1) is 10.7.